The summed E-state index contributed by atoms with van der Waals surface area (Å²) in [6.07, 6.45) is -2.51. The number of alkyl halides is 3. The molecule has 1 fully saturated rings. The maximum absolute atomic E-state index is 13.6. The lowest BCUT2D eigenvalue weighted by Gasteiger charge is -2.21. The number of halogens is 4. The Hall–Kier alpha value is -2.81. The van der Waals surface area contributed by atoms with E-state index in [-0.39, 0.29) is 23.8 Å². The van der Waals surface area contributed by atoms with Crippen molar-refractivity contribution in [2.45, 2.75) is 50.4 Å². The van der Waals surface area contributed by atoms with E-state index in [1.165, 1.54) is 19.2 Å². The molecule has 0 amide bonds. The van der Waals surface area contributed by atoms with Crippen LogP contribution >= 0.6 is 0 Å². The molecule has 1 aliphatic carbocycles. The van der Waals surface area contributed by atoms with E-state index in [4.69, 9.17) is 14.6 Å². The molecule has 3 unspecified atom stereocenters. The standard InChI is InChI=1S/C23H25F4NO4/c1-13(14-4-7-19(24)21(11-14)31-2)28-17-6-3-15(9-17)16-5-8-20(32-12-22(29)30)18(10-16)23(25,26)27/h4-5,7-8,10-11,13,15,17,28H,3,6,9,12H2,1-2H3,(H,29,30). The maximum atomic E-state index is 13.6. The summed E-state index contributed by atoms with van der Waals surface area (Å²) < 4.78 is 64.0. The smallest absolute Gasteiger partial charge is 0.419 e. The molecule has 0 saturated heterocycles. The van der Waals surface area contributed by atoms with Gasteiger partial charge in [-0.1, -0.05) is 12.1 Å². The van der Waals surface area contributed by atoms with Crippen molar-refractivity contribution in [2.75, 3.05) is 13.7 Å². The molecule has 0 spiro atoms. The average molecular weight is 455 g/mol. The second-order valence-corrected chi connectivity index (χ2v) is 7.93. The number of hydrogen-bond acceptors (Lipinski definition) is 4. The highest BCUT2D eigenvalue weighted by atomic mass is 19.4. The van der Waals surface area contributed by atoms with Crippen molar-refractivity contribution in [1.82, 2.24) is 5.32 Å². The van der Waals surface area contributed by atoms with Gasteiger partial charge in [0.2, 0.25) is 0 Å². The second-order valence-electron chi connectivity index (χ2n) is 7.93. The van der Waals surface area contributed by atoms with Gasteiger partial charge in [-0.2, -0.15) is 13.2 Å². The van der Waals surface area contributed by atoms with Crippen molar-refractivity contribution in [3.8, 4) is 11.5 Å². The Morgan fingerprint density at radius 3 is 2.59 bits per heavy atom. The van der Waals surface area contributed by atoms with Gasteiger partial charge in [-0.05, 0) is 67.5 Å². The number of benzene rings is 2. The molecule has 174 valence electrons. The Balaban J connectivity index is 1.69. The predicted molar refractivity (Wildman–Crippen MR) is 109 cm³/mol. The number of carboxylic acids is 1. The molecule has 1 saturated carbocycles. The summed E-state index contributed by atoms with van der Waals surface area (Å²) in [5.41, 5.74) is 0.422. The molecule has 9 heteroatoms. The second kappa shape index (κ2) is 9.77. The van der Waals surface area contributed by atoms with E-state index in [0.29, 0.717) is 18.4 Å². The van der Waals surface area contributed by atoms with Gasteiger partial charge in [-0.3, -0.25) is 0 Å². The predicted octanol–water partition coefficient (Wildman–Crippen LogP) is 5.30. The highest BCUT2D eigenvalue weighted by molar-refractivity contribution is 5.68. The van der Waals surface area contributed by atoms with E-state index in [1.807, 2.05) is 6.92 Å². The van der Waals surface area contributed by atoms with Crippen LogP contribution in [0.5, 0.6) is 11.5 Å². The van der Waals surface area contributed by atoms with Gasteiger partial charge in [-0.25, -0.2) is 9.18 Å². The molecule has 3 atom stereocenters. The minimum atomic E-state index is -4.66. The summed E-state index contributed by atoms with van der Waals surface area (Å²) in [4.78, 5) is 10.7. The monoisotopic (exact) mass is 455 g/mol. The van der Waals surface area contributed by atoms with Crippen LogP contribution < -0.4 is 14.8 Å². The molecule has 32 heavy (non-hydrogen) atoms. The van der Waals surface area contributed by atoms with E-state index in [0.717, 1.165) is 18.1 Å². The molecule has 2 N–H and O–H groups in total. The first-order chi connectivity index (χ1) is 15.1. The van der Waals surface area contributed by atoms with Crippen LogP contribution in [0.25, 0.3) is 0 Å². The number of aliphatic carboxylic acids is 1. The molecule has 5 nitrogen and oxygen atoms in total. The first kappa shape index (κ1) is 23.8. The van der Waals surface area contributed by atoms with Gasteiger partial charge < -0.3 is 19.9 Å². The van der Waals surface area contributed by atoms with Crippen molar-refractivity contribution < 1.29 is 36.9 Å². The molecular formula is C23H25F4NO4. The zero-order chi connectivity index (χ0) is 23.5. The molecule has 0 aliphatic heterocycles. The molecular weight excluding hydrogens is 430 g/mol. The number of hydrogen-bond donors (Lipinski definition) is 2. The van der Waals surface area contributed by atoms with Crippen molar-refractivity contribution >= 4 is 5.97 Å². The van der Waals surface area contributed by atoms with Crippen LogP contribution in [-0.4, -0.2) is 30.8 Å². The van der Waals surface area contributed by atoms with Gasteiger partial charge in [0.25, 0.3) is 0 Å². The van der Waals surface area contributed by atoms with Crippen molar-refractivity contribution in [1.29, 1.82) is 0 Å². The third kappa shape index (κ3) is 5.70. The van der Waals surface area contributed by atoms with Gasteiger partial charge >= 0.3 is 12.1 Å². The topological polar surface area (TPSA) is 67.8 Å². The zero-order valence-electron chi connectivity index (χ0n) is 17.7. The van der Waals surface area contributed by atoms with Crippen LogP contribution in [0, 0.1) is 5.82 Å². The van der Waals surface area contributed by atoms with E-state index in [1.54, 1.807) is 18.2 Å². The van der Waals surface area contributed by atoms with Gasteiger partial charge in [0.1, 0.15) is 5.75 Å². The third-order valence-electron chi connectivity index (χ3n) is 5.73. The van der Waals surface area contributed by atoms with E-state index in [2.05, 4.69) is 5.32 Å². The highest BCUT2D eigenvalue weighted by Gasteiger charge is 2.36. The summed E-state index contributed by atoms with van der Waals surface area (Å²) in [5, 5.41) is 12.1. The number of rotatable bonds is 8. The Bertz CT molecular complexity index is 963. The lowest BCUT2D eigenvalue weighted by atomic mass is 9.95. The summed E-state index contributed by atoms with van der Waals surface area (Å²) in [6.45, 7) is 1.10. The zero-order valence-corrected chi connectivity index (χ0v) is 17.7. The van der Waals surface area contributed by atoms with Crippen molar-refractivity contribution in [3.63, 3.8) is 0 Å². The molecule has 1 aliphatic rings. The van der Waals surface area contributed by atoms with E-state index >= 15 is 0 Å². The van der Waals surface area contributed by atoms with Crippen molar-refractivity contribution in [3.05, 3.63) is 58.9 Å². The van der Waals surface area contributed by atoms with Crippen LogP contribution in [0.1, 0.15) is 54.8 Å². The Morgan fingerprint density at radius 2 is 1.94 bits per heavy atom. The van der Waals surface area contributed by atoms with E-state index in [9.17, 15) is 22.4 Å². The normalized spacial score (nSPS) is 19.6. The van der Waals surface area contributed by atoms with Crippen LogP contribution in [0.3, 0.4) is 0 Å². The SMILES string of the molecule is COc1cc(C(C)NC2CCC(c3ccc(OCC(=O)O)c(C(F)(F)F)c3)C2)ccc1F. The van der Waals surface area contributed by atoms with Gasteiger partial charge in [0, 0.05) is 12.1 Å². The van der Waals surface area contributed by atoms with Crippen LogP contribution in [0.15, 0.2) is 36.4 Å². The summed E-state index contributed by atoms with van der Waals surface area (Å²) in [7, 11) is 1.40. The van der Waals surface area contributed by atoms with Crippen LogP contribution in [0.2, 0.25) is 0 Å². The minimum absolute atomic E-state index is 0.0722. The summed E-state index contributed by atoms with van der Waals surface area (Å²) in [5.74, 6) is -2.20. The fraction of sp³-hybridized carbons (Fsp3) is 0.435. The largest absolute Gasteiger partial charge is 0.494 e. The van der Waals surface area contributed by atoms with Gasteiger partial charge in [0.05, 0.1) is 12.7 Å². The van der Waals surface area contributed by atoms with Crippen LogP contribution in [0.4, 0.5) is 17.6 Å². The molecule has 2 aromatic rings. The lowest BCUT2D eigenvalue weighted by molar-refractivity contribution is -0.143. The number of methoxy groups -OCH3 is 1. The molecule has 0 aromatic heterocycles. The number of carbonyl (C=O) groups is 1. The first-order valence-corrected chi connectivity index (χ1v) is 10.2. The fourth-order valence-electron chi connectivity index (χ4n) is 4.12. The Kier molecular flexibility index (Phi) is 7.28. The quantitative estimate of drug-likeness (QED) is 0.529. The molecule has 0 heterocycles. The summed E-state index contributed by atoms with van der Waals surface area (Å²) in [6, 6.07) is 8.45. The van der Waals surface area contributed by atoms with Crippen LogP contribution in [-0.2, 0) is 11.0 Å². The van der Waals surface area contributed by atoms with Crippen molar-refractivity contribution in [2.24, 2.45) is 0 Å². The minimum Gasteiger partial charge on any atom is -0.494 e. The Morgan fingerprint density at radius 1 is 1.19 bits per heavy atom. The fourth-order valence-corrected chi connectivity index (χ4v) is 4.12. The number of ether oxygens (including phenoxy) is 2. The maximum Gasteiger partial charge on any atom is 0.419 e. The average Bonchev–Trinajstić information content (AvgIpc) is 3.20. The van der Waals surface area contributed by atoms with E-state index < -0.39 is 35.9 Å². The highest BCUT2D eigenvalue weighted by Crippen LogP contribution is 2.41. The third-order valence-corrected chi connectivity index (χ3v) is 5.73. The first-order valence-electron chi connectivity index (χ1n) is 10.2. The van der Waals surface area contributed by atoms with Gasteiger partial charge in [-0.15, -0.1) is 0 Å². The lowest BCUT2D eigenvalue weighted by Crippen LogP contribution is -2.29. The molecule has 0 radical (unpaired) electrons. The Labute approximate surface area is 183 Å². The molecule has 3 rings (SSSR count). The number of carboxylic acid groups (broad SMARTS) is 1. The number of nitrogens with one attached hydrogen (secondary N) is 1. The summed E-state index contributed by atoms with van der Waals surface area (Å²) >= 11 is 0. The molecule has 2 aromatic carbocycles. The van der Waals surface area contributed by atoms with Gasteiger partial charge in [0.15, 0.2) is 18.2 Å². The molecule has 0 bridgehead atoms.